The molecule has 0 radical (unpaired) electrons. The number of ether oxygens (including phenoxy) is 2. The molecule has 1 N–H and O–H groups in total. The number of rotatable bonds is 6. The third-order valence-corrected chi connectivity index (χ3v) is 4.76. The lowest BCUT2D eigenvalue weighted by atomic mass is 9.95. The Morgan fingerprint density at radius 2 is 1.96 bits per heavy atom. The van der Waals surface area contributed by atoms with Crippen LogP contribution >= 0.6 is 11.3 Å². The van der Waals surface area contributed by atoms with E-state index in [1.165, 1.54) is 23.5 Å². The van der Waals surface area contributed by atoms with Gasteiger partial charge in [0.25, 0.3) is 5.91 Å². The molecule has 0 aromatic carbocycles. The number of carbonyl (C=O) groups is 3. The van der Waals surface area contributed by atoms with Crippen LogP contribution in [0, 0.1) is 0 Å². The Bertz CT molecular complexity index is 662. The minimum atomic E-state index is -0.580. The van der Waals surface area contributed by atoms with Crippen molar-refractivity contribution in [1.29, 1.82) is 0 Å². The van der Waals surface area contributed by atoms with Crippen molar-refractivity contribution >= 4 is 34.2 Å². The molecule has 1 aliphatic carbocycles. The zero-order chi connectivity index (χ0) is 17.5. The van der Waals surface area contributed by atoms with Gasteiger partial charge in [0.1, 0.15) is 5.00 Å². The van der Waals surface area contributed by atoms with E-state index in [-0.39, 0.29) is 6.61 Å². The molecule has 1 aromatic heterocycles. The van der Waals surface area contributed by atoms with E-state index in [4.69, 9.17) is 9.47 Å². The zero-order valence-electron chi connectivity index (χ0n) is 13.8. The standard InChI is InChI=1S/C17H21NO5S/c1-3-7-14(20)23-10-13(19)18-16-15(17(21)22-4-2)11-8-5-6-9-12(11)24-16/h3,7H,4-6,8-10H2,1-2H3,(H,18,19)/b7-3+. The quantitative estimate of drug-likeness (QED) is 0.629. The van der Waals surface area contributed by atoms with Crippen LogP contribution in [0.5, 0.6) is 0 Å². The Kier molecular flexibility index (Phi) is 6.54. The van der Waals surface area contributed by atoms with Crippen molar-refractivity contribution in [3.63, 3.8) is 0 Å². The predicted octanol–water partition coefficient (Wildman–Crippen LogP) is 2.86. The van der Waals surface area contributed by atoms with Gasteiger partial charge in [0.05, 0.1) is 12.2 Å². The molecule has 1 aliphatic rings. The second-order valence-electron chi connectivity index (χ2n) is 5.29. The Hall–Kier alpha value is -2.15. The maximum Gasteiger partial charge on any atom is 0.341 e. The normalized spacial score (nSPS) is 13.4. The van der Waals surface area contributed by atoms with Gasteiger partial charge in [-0.3, -0.25) is 4.79 Å². The average Bonchev–Trinajstić information content (AvgIpc) is 2.91. The Morgan fingerprint density at radius 3 is 2.67 bits per heavy atom. The molecule has 1 amide bonds. The molecule has 0 aliphatic heterocycles. The molecule has 0 bridgehead atoms. The second-order valence-corrected chi connectivity index (χ2v) is 6.40. The zero-order valence-corrected chi connectivity index (χ0v) is 14.7. The van der Waals surface area contributed by atoms with Crippen LogP contribution in [0.15, 0.2) is 12.2 Å². The molecule has 7 heteroatoms. The summed E-state index contributed by atoms with van der Waals surface area (Å²) >= 11 is 1.40. The lowest BCUT2D eigenvalue weighted by Gasteiger charge is -2.12. The highest BCUT2D eigenvalue weighted by Gasteiger charge is 2.27. The van der Waals surface area contributed by atoms with Gasteiger partial charge in [-0.25, -0.2) is 9.59 Å². The second kappa shape index (κ2) is 8.63. The topological polar surface area (TPSA) is 81.7 Å². The Balaban J connectivity index is 2.14. The predicted molar refractivity (Wildman–Crippen MR) is 91.3 cm³/mol. The third-order valence-electron chi connectivity index (χ3n) is 3.55. The van der Waals surface area contributed by atoms with Crippen molar-refractivity contribution in [2.45, 2.75) is 39.5 Å². The van der Waals surface area contributed by atoms with E-state index in [1.54, 1.807) is 13.8 Å². The number of hydrogen-bond donors (Lipinski definition) is 1. The van der Waals surface area contributed by atoms with Crippen molar-refractivity contribution in [2.24, 2.45) is 0 Å². The summed E-state index contributed by atoms with van der Waals surface area (Å²) in [6.45, 7) is 3.31. The van der Waals surface area contributed by atoms with Crippen LogP contribution in [0.3, 0.4) is 0 Å². The monoisotopic (exact) mass is 351 g/mol. The molecular weight excluding hydrogens is 330 g/mol. The van der Waals surface area contributed by atoms with Crippen molar-refractivity contribution in [3.05, 3.63) is 28.2 Å². The molecule has 2 rings (SSSR count). The van der Waals surface area contributed by atoms with Crippen LogP contribution in [-0.2, 0) is 31.9 Å². The number of amides is 1. The summed E-state index contributed by atoms with van der Waals surface area (Å²) in [4.78, 5) is 36.7. The summed E-state index contributed by atoms with van der Waals surface area (Å²) in [5.41, 5.74) is 1.43. The number of hydrogen-bond acceptors (Lipinski definition) is 6. The molecule has 130 valence electrons. The maximum atomic E-state index is 12.3. The number of thiophene rings is 1. The highest BCUT2D eigenvalue weighted by molar-refractivity contribution is 7.17. The van der Waals surface area contributed by atoms with Crippen molar-refractivity contribution in [3.8, 4) is 0 Å². The molecule has 24 heavy (non-hydrogen) atoms. The fraction of sp³-hybridized carbons (Fsp3) is 0.471. The van der Waals surface area contributed by atoms with Crippen molar-refractivity contribution in [2.75, 3.05) is 18.5 Å². The summed E-state index contributed by atoms with van der Waals surface area (Å²) in [7, 11) is 0. The molecule has 6 nitrogen and oxygen atoms in total. The summed E-state index contributed by atoms with van der Waals surface area (Å²) in [6, 6.07) is 0. The summed E-state index contributed by atoms with van der Waals surface area (Å²) < 4.78 is 9.94. The van der Waals surface area contributed by atoms with Crippen LogP contribution in [0.4, 0.5) is 5.00 Å². The number of aryl methyl sites for hydroxylation is 1. The summed E-state index contributed by atoms with van der Waals surface area (Å²) in [5, 5.41) is 3.16. The van der Waals surface area contributed by atoms with Crippen LogP contribution in [0.25, 0.3) is 0 Å². The molecule has 0 unspecified atom stereocenters. The lowest BCUT2D eigenvalue weighted by molar-refractivity contribution is -0.142. The molecule has 1 aromatic rings. The van der Waals surface area contributed by atoms with E-state index in [0.717, 1.165) is 36.1 Å². The maximum absolute atomic E-state index is 12.3. The first-order valence-electron chi connectivity index (χ1n) is 7.97. The minimum absolute atomic E-state index is 0.276. The minimum Gasteiger partial charge on any atom is -0.462 e. The van der Waals surface area contributed by atoms with Gasteiger partial charge in [-0.15, -0.1) is 11.3 Å². The van der Waals surface area contributed by atoms with E-state index in [9.17, 15) is 14.4 Å². The van der Waals surface area contributed by atoms with Crippen LogP contribution < -0.4 is 5.32 Å². The van der Waals surface area contributed by atoms with Crippen molar-refractivity contribution < 1.29 is 23.9 Å². The van der Waals surface area contributed by atoms with Gasteiger partial charge in [-0.05, 0) is 45.1 Å². The number of allylic oxidation sites excluding steroid dienone is 1. The van der Waals surface area contributed by atoms with E-state index in [0.29, 0.717) is 10.6 Å². The fourth-order valence-corrected chi connectivity index (χ4v) is 3.85. The van der Waals surface area contributed by atoms with Gasteiger partial charge in [0.2, 0.25) is 0 Å². The van der Waals surface area contributed by atoms with Crippen LogP contribution in [0.2, 0.25) is 0 Å². The largest absolute Gasteiger partial charge is 0.462 e. The van der Waals surface area contributed by atoms with Gasteiger partial charge in [0.15, 0.2) is 6.61 Å². The van der Waals surface area contributed by atoms with Crippen LogP contribution in [-0.4, -0.2) is 31.1 Å². The first-order chi connectivity index (χ1) is 11.6. The highest BCUT2D eigenvalue weighted by atomic mass is 32.1. The molecule has 0 spiro atoms. The van der Waals surface area contributed by atoms with Crippen LogP contribution in [0.1, 0.15) is 47.5 Å². The lowest BCUT2D eigenvalue weighted by Crippen LogP contribution is -2.21. The van der Waals surface area contributed by atoms with E-state index in [1.807, 2.05) is 0 Å². The number of esters is 2. The van der Waals surface area contributed by atoms with Gasteiger partial charge in [0, 0.05) is 11.0 Å². The number of anilines is 1. The average molecular weight is 351 g/mol. The molecule has 0 fully saturated rings. The molecule has 0 atom stereocenters. The van der Waals surface area contributed by atoms with Gasteiger partial charge < -0.3 is 14.8 Å². The first-order valence-corrected chi connectivity index (χ1v) is 8.79. The smallest absolute Gasteiger partial charge is 0.341 e. The number of carbonyl (C=O) groups excluding carboxylic acids is 3. The molecule has 0 saturated carbocycles. The summed E-state index contributed by atoms with van der Waals surface area (Å²) in [6.07, 6.45) is 6.58. The van der Waals surface area contributed by atoms with Gasteiger partial charge in [-0.1, -0.05) is 6.08 Å². The highest BCUT2D eigenvalue weighted by Crippen LogP contribution is 2.38. The molecule has 1 heterocycles. The summed E-state index contributed by atoms with van der Waals surface area (Å²) in [5.74, 6) is -1.47. The van der Waals surface area contributed by atoms with Gasteiger partial charge >= 0.3 is 11.9 Å². The van der Waals surface area contributed by atoms with Gasteiger partial charge in [-0.2, -0.15) is 0 Å². The van der Waals surface area contributed by atoms with Crippen molar-refractivity contribution in [1.82, 2.24) is 0 Å². The first kappa shape index (κ1) is 18.2. The molecule has 0 saturated heterocycles. The third kappa shape index (κ3) is 4.44. The fourth-order valence-electron chi connectivity index (χ4n) is 2.56. The van der Waals surface area contributed by atoms with E-state index < -0.39 is 24.5 Å². The van der Waals surface area contributed by atoms with E-state index >= 15 is 0 Å². The Morgan fingerprint density at radius 1 is 1.21 bits per heavy atom. The Labute approximate surface area is 144 Å². The SMILES string of the molecule is C/C=C/C(=O)OCC(=O)Nc1sc2c(c1C(=O)OCC)CCCC2. The van der Waals surface area contributed by atoms with E-state index in [2.05, 4.69) is 5.32 Å². The molecular formula is C17H21NO5S. The number of fused-ring (bicyclic) bond motifs is 1. The number of nitrogens with one attached hydrogen (secondary N) is 1.